The van der Waals surface area contributed by atoms with Crippen LogP contribution in [0.2, 0.25) is 0 Å². The minimum absolute atomic E-state index is 0.217. The minimum Gasteiger partial charge on any atom is -0.478 e. The van der Waals surface area contributed by atoms with Crippen molar-refractivity contribution in [2.45, 2.75) is 6.92 Å². The molecule has 0 saturated carbocycles. The van der Waals surface area contributed by atoms with Crippen molar-refractivity contribution in [2.24, 2.45) is 0 Å². The molecule has 2 N–H and O–H groups in total. The molecule has 1 aromatic heterocycles. The van der Waals surface area contributed by atoms with E-state index in [-0.39, 0.29) is 11.5 Å². The summed E-state index contributed by atoms with van der Waals surface area (Å²) in [5.41, 5.74) is 2.87. The van der Waals surface area contributed by atoms with Crippen LogP contribution in [0, 0.1) is 0 Å². The number of nitrogens with zero attached hydrogens (tertiary/aromatic N) is 1. The minimum atomic E-state index is -0.972. The molecule has 6 heteroatoms. The summed E-state index contributed by atoms with van der Waals surface area (Å²) in [7, 11) is 0. The second kappa shape index (κ2) is 5.92. The smallest absolute Gasteiger partial charge is 0.338 e. The number of imidazole rings is 1. The van der Waals surface area contributed by atoms with Gasteiger partial charge in [-0.2, -0.15) is 0 Å². The predicted molar refractivity (Wildman–Crippen MR) is 84.4 cm³/mol. The zero-order valence-electron chi connectivity index (χ0n) is 12.4. The van der Waals surface area contributed by atoms with Crippen LogP contribution in [-0.2, 0) is 4.74 Å². The molecule has 6 nitrogen and oxygen atoms in total. The molecule has 0 saturated heterocycles. The van der Waals surface area contributed by atoms with Gasteiger partial charge in [0, 0.05) is 5.56 Å². The standard InChI is InChI=1S/C17H14N2O4/c1-2-23-17(22)12-7-8-13-14(9-12)19-15(18-13)10-3-5-11(6-4-10)16(20)21/h3-9H,2H2,1H3,(H,18,19)(H,20,21). The zero-order valence-corrected chi connectivity index (χ0v) is 12.4. The van der Waals surface area contributed by atoms with Gasteiger partial charge in [-0.15, -0.1) is 0 Å². The van der Waals surface area contributed by atoms with Crippen molar-refractivity contribution in [1.29, 1.82) is 0 Å². The maximum Gasteiger partial charge on any atom is 0.338 e. The third kappa shape index (κ3) is 2.91. The van der Waals surface area contributed by atoms with Gasteiger partial charge < -0.3 is 14.8 Å². The molecule has 2 aromatic carbocycles. The average Bonchev–Trinajstić information content (AvgIpc) is 2.98. The van der Waals surface area contributed by atoms with E-state index >= 15 is 0 Å². The number of nitrogens with one attached hydrogen (secondary N) is 1. The highest BCUT2D eigenvalue weighted by Gasteiger charge is 2.11. The van der Waals surface area contributed by atoms with E-state index in [1.165, 1.54) is 12.1 Å². The number of aromatic carboxylic acids is 1. The molecular weight excluding hydrogens is 296 g/mol. The van der Waals surface area contributed by atoms with Gasteiger partial charge in [0.2, 0.25) is 0 Å². The molecule has 0 unspecified atom stereocenters. The summed E-state index contributed by atoms with van der Waals surface area (Å²) in [6, 6.07) is 11.5. The van der Waals surface area contributed by atoms with Crippen LogP contribution in [-0.4, -0.2) is 33.6 Å². The number of carboxylic acids is 1. The summed E-state index contributed by atoms with van der Waals surface area (Å²) >= 11 is 0. The molecule has 0 fully saturated rings. The molecule has 0 atom stereocenters. The van der Waals surface area contributed by atoms with Gasteiger partial charge in [0.05, 0.1) is 28.8 Å². The Bertz CT molecular complexity index is 881. The van der Waals surface area contributed by atoms with Crippen LogP contribution in [0.3, 0.4) is 0 Å². The van der Waals surface area contributed by atoms with Crippen LogP contribution in [0.5, 0.6) is 0 Å². The molecule has 0 aliphatic rings. The highest BCUT2D eigenvalue weighted by molar-refractivity contribution is 5.94. The average molecular weight is 310 g/mol. The third-order valence-electron chi connectivity index (χ3n) is 3.40. The number of aromatic nitrogens is 2. The molecule has 0 amide bonds. The van der Waals surface area contributed by atoms with E-state index in [1.54, 1.807) is 37.3 Å². The number of carboxylic acid groups (broad SMARTS) is 1. The molecule has 23 heavy (non-hydrogen) atoms. The van der Waals surface area contributed by atoms with Crippen LogP contribution in [0.15, 0.2) is 42.5 Å². The number of hydrogen-bond donors (Lipinski definition) is 2. The summed E-state index contributed by atoms with van der Waals surface area (Å²) in [6.07, 6.45) is 0. The lowest BCUT2D eigenvalue weighted by Crippen LogP contribution is -2.04. The van der Waals surface area contributed by atoms with Crippen LogP contribution < -0.4 is 0 Å². The Labute approximate surface area is 131 Å². The summed E-state index contributed by atoms with van der Waals surface area (Å²) in [5, 5.41) is 8.92. The number of benzene rings is 2. The molecule has 3 rings (SSSR count). The van der Waals surface area contributed by atoms with E-state index in [0.29, 0.717) is 23.5 Å². The lowest BCUT2D eigenvalue weighted by molar-refractivity contribution is 0.0526. The second-order valence-corrected chi connectivity index (χ2v) is 4.92. The molecule has 0 spiro atoms. The quantitative estimate of drug-likeness (QED) is 0.722. The van der Waals surface area contributed by atoms with E-state index in [0.717, 1.165) is 11.1 Å². The first kappa shape index (κ1) is 14.8. The Morgan fingerprint density at radius 1 is 1.13 bits per heavy atom. The first-order valence-corrected chi connectivity index (χ1v) is 7.09. The van der Waals surface area contributed by atoms with Crippen LogP contribution in [0.4, 0.5) is 0 Å². The van der Waals surface area contributed by atoms with Crippen LogP contribution in [0.25, 0.3) is 22.4 Å². The lowest BCUT2D eigenvalue weighted by Gasteiger charge is -2.00. The summed E-state index contributed by atoms with van der Waals surface area (Å²) in [6.45, 7) is 2.08. The molecule has 0 aliphatic carbocycles. The number of carbonyl (C=O) groups excluding carboxylic acids is 1. The second-order valence-electron chi connectivity index (χ2n) is 4.92. The van der Waals surface area contributed by atoms with Crippen molar-refractivity contribution in [2.75, 3.05) is 6.61 Å². The largest absolute Gasteiger partial charge is 0.478 e. The van der Waals surface area contributed by atoms with Gasteiger partial charge in [0.1, 0.15) is 5.82 Å². The summed E-state index contributed by atoms with van der Waals surface area (Å²) in [4.78, 5) is 30.2. The zero-order chi connectivity index (χ0) is 16.4. The van der Waals surface area contributed by atoms with Gasteiger partial charge >= 0.3 is 11.9 Å². The summed E-state index contributed by atoms with van der Waals surface area (Å²) in [5.74, 6) is -0.741. The Hall–Kier alpha value is -3.15. The maximum atomic E-state index is 11.8. The summed E-state index contributed by atoms with van der Waals surface area (Å²) < 4.78 is 4.98. The molecule has 1 heterocycles. The predicted octanol–water partition coefficient (Wildman–Crippen LogP) is 3.10. The van der Waals surface area contributed by atoms with Crippen molar-refractivity contribution in [3.8, 4) is 11.4 Å². The highest BCUT2D eigenvalue weighted by atomic mass is 16.5. The number of carbonyl (C=O) groups is 2. The van der Waals surface area contributed by atoms with Gasteiger partial charge in [0.15, 0.2) is 0 Å². The van der Waals surface area contributed by atoms with Gasteiger partial charge in [-0.3, -0.25) is 0 Å². The van der Waals surface area contributed by atoms with E-state index < -0.39 is 5.97 Å². The Balaban J connectivity index is 1.96. The van der Waals surface area contributed by atoms with Crippen LogP contribution in [0.1, 0.15) is 27.6 Å². The fourth-order valence-electron chi connectivity index (χ4n) is 2.26. The van der Waals surface area contributed by atoms with Crippen LogP contribution >= 0.6 is 0 Å². The van der Waals surface area contributed by atoms with E-state index in [1.807, 2.05) is 0 Å². The van der Waals surface area contributed by atoms with Crippen molar-refractivity contribution < 1.29 is 19.4 Å². The van der Waals surface area contributed by atoms with Crippen molar-refractivity contribution in [3.63, 3.8) is 0 Å². The Morgan fingerprint density at radius 3 is 2.48 bits per heavy atom. The fourth-order valence-corrected chi connectivity index (χ4v) is 2.26. The lowest BCUT2D eigenvalue weighted by atomic mass is 10.1. The number of esters is 1. The SMILES string of the molecule is CCOC(=O)c1ccc2nc(-c3ccc(C(=O)O)cc3)[nH]c2c1. The van der Waals surface area contributed by atoms with Crippen molar-refractivity contribution >= 4 is 23.0 Å². The maximum absolute atomic E-state index is 11.8. The molecule has 3 aromatic rings. The molecule has 116 valence electrons. The van der Waals surface area contributed by atoms with Gasteiger partial charge in [-0.1, -0.05) is 12.1 Å². The Morgan fingerprint density at radius 2 is 1.83 bits per heavy atom. The van der Waals surface area contributed by atoms with Crippen molar-refractivity contribution in [3.05, 3.63) is 53.6 Å². The fraction of sp³-hybridized carbons (Fsp3) is 0.118. The van der Waals surface area contributed by atoms with Gasteiger partial charge in [-0.05, 0) is 37.3 Å². The normalized spacial score (nSPS) is 10.7. The van der Waals surface area contributed by atoms with E-state index in [4.69, 9.17) is 9.84 Å². The van der Waals surface area contributed by atoms with Gasteiger partial charge in [-0.25, -0.2) is 14.6 Å². The Kier molecular flexibility index (Phi) is 3.80. The number of rotatable bonds is 4. The third-order valence-corrected chi connectivity index (χ3v) is 3.40. The highest BCUT2D eigenvalue weighted by Crippen LogP contribution is 2.22. The van der Waals surface area contributed by atoms with Gasteiger partial charge in [0.25, 0.3) is 0 Å². The first-order chi connectivity index (χ1) is 11.1. The number of ether oxygens (including phenoxy) is 1. The van der Waals surface area contributed by atoms with E-state index in [9.17, 15) is 9.59 Å². The molecule has 0 radical (unpaired) electrons. The number of hydrogen-bond acceptors (Lipinski definition) is 4. The topological polar surface area (TPSA) is 92.3 Å². The monoisotopic (exact) mass is 310 g/mol. The molecule has 0 bridgehead atoms. The first-order valence-electron chi connectivity index (χ1n) is 7.09. The van der Waals surface area contributed by atoms with E-state index in [2.05, 4.69) is 9.97 Å². The van der Waals surface area contributed by atoms with Crippen molar-refractivity contribution in [1.82, 2.24) is 9.97 Å². The number of fused-ring (bicyclic) bond motifs is 1. The number of aromatic amines is 1. The molecule has 0 aliphatic heterocycles. The molecular formula is C17H14N2O4. The number of H-pyrrole nitrogens is 1.